The van der Waals surface area contributed by atoms with E-state index in [1.54, 1.807) is 25.1 Å². The van der Waals surface area contributed by atoms with Crippen LogP contribution in [-0.4, -0.2) is 42.4 Å². The van der Waals surface area contributed by atoms with Crippen LogP contribution >= 0.6 is 22.9 Å². The minimum atomic E-state index is -0.466. The van der Waals surface area contributed by atoms with Crippen molar-refractivity contribution >= 4 is 50.2 Å². The molecule has 1 amide bonds. The van der Waals surface area contributed by atoms with Crippen LogP contribution in [0.2, 0.25) is 5.02 Å². The number of likely N-dealkylation sites (N-methyl/N-ethyl adjacent to an activating group) is 1. The fourth-order valence-corrected chi connectivity index (χ4v) is 3.56. The van der Waals surface area contributed by atoms with Gasteiger partial charge in [0.15, 0.2) is 5.13 Å². The number of carbonyl (C=O) groups is 2. The van der Waals surface area contributed by atoms with Crippen molar-refractivity contribution in [2.24, 2.45) is 0 Å². The Morgan fingerprint density at radius 2 is 2.00 bits per heavy atom. The molecule has 3 rings (SSSR count). The summed E-state index contributed by atoms with van der Waals surface area (Å²) in [6.45, 7) is 2.10. The highest BCUT2D eigenvalue weighted by molar-refractivity contribution is 7.22. The number of rotatable bonds is 5. The average Bonchev–Trinajstić information content (AvgIpc) is 2.96. The van der Waals surface area contributed by atoms with Gasteiger partial charge in [0, 0.05) is 5.02 Å². The van der Waals surface area contributed by atoms with Crippen LogP contribution < -0.4 is 10.1 Å². The van der Waals surface area contributed by atoms with E-state index >= 15 is 0 Å². The SMILES string of the molecule is Cc1ccc2nc(NC(=O)c3cc(Cl)ccc3OC(=O)CN(C)C)sc2c1. The first kappa shape index (κ1) is 19.3. The minimum absolute atomic E-state index is 0.0981. The Morgan fingerprint density at radius 3 is 2.74 bits per heavy atom. The van der Waals surface area contributed by atoms with Crippen molar-refractivity contribution in [3.63, 3.8) is 0 Å². The Bertz CT molecular complexity index is 1020. The molecule has 3 aromatic rings. The van der Waals surface area contributed by atoms with Gasteiger partial charge in [-0.15, -0.1) is 0 Å². The molecule has 0 aliphatic carbocycles. The quantitative estimate of drug-likeness (QED) is 0.515. The normalized spacial score (nSPS) is 11.0. The zero-order valence-corrected chi connectivity index (χ0v) is 16.6. The second-order valence-corrected chi connectivity index (χ2v) is 7.76. The third kappa shape index (κ3) is 4.82. The molecule has 0 atom stereocenters. The van der Waals surface area contributed by atoms with Crippen LogP contribution in [0.25, 0.3) is 10.2 Å². The van der Waals surface area contributed by atoms with Crippen LogP contribution in [0.15, 0.2) is 36.4 Å². The highest BCUT2D eigenvalue weighted by Gasteiger charge is 2.18. The minimum Gasteiger partial charge on any atom is -0.425 e. The number of halogens is 1. The van der Waals surface area contributed by atoms with E-state index in [1.807, 2.05) is 25.1 Å². The number of fused-ring (bicyclic) bond motifs is 1. The van der Waals surface area contributed by atoms with Gasteiger partial charge in [0.2, 0.25) is 0 Å². The number of hydrogen-bond acceptors (Lipinski definition) is 6. The topological polar surface area (TPSA) is 71.5 Å². The Balaban J connectivity index is 1.84. The van der Waals surface area contributed by atoms with Crippen molar-refractivity contribution < 1.29 is 14.3 Å². The van der Waals surface area contributed by atoms with Crippen LogP contribution in [0.1, 0.15) is 15.9 Å². The Hall–Kier alpha value is -2.48. The molecule has 0 aliphatic rings. The van der Waals surface area contributed by atoms with E-state index in [2.05, 4.69) is 10.3 Å². The zero-order chi connectivity index (χ0) is 19.6. The van der Waals surface area contributed by atoms with Crippen LogP contribution in [-0.2, 0) is 4.79 Å². The van der Waals surface area contributed by atoms with E-state index in [-0.39, 0.29) is 17.9 Å². The molecular weight excluding hydrogens is 386 g/mol. The van der Waals surface area contributed by atoms with Crippen molar-refractivity contribution in [2.75, 3.05) is 26.0 Å². The first-order valence-electron chi connectivity index (χ1n) is 8.15. The maximum absolute atomic E-state index is 12.7. The zero-order valence-electron chi connectivity index (χ0n) is 15.1. The molecule has 0 unspecified atom stereocenters. The molecule has 0 saturated heterocycles. The number of hydrogen-bond donors (Lipinski definition) is 1. The smallest absolute Gasteiger partial charge is 0.325 e. The summed E-state index contributed by atoms with van der Waals surface area (Å²) in [7, 11) is 3.51. The maximum atomic E-state index is 12.7. The number of benzene rings is 2. The molecule has 2 aromatic carbocycles. The van der Waals surface area contributed by atoms with Crippen molar-refractivity contribution in [1.82, 2.24) is 9.88 Å². The lowest BCUT2D eigenvalue weighted by molar-refractivity contribution is -0.135. The van der Waals surface area contributed by atoms with Gasteiger partial charge in [0.1, 0.15) is 5.75 Å². The Kier molecular flexibility index (Phi) is 5.74. The summed E-state index contributed by atoms with van der Waals surface area (Å²) in [4.78, 5) is 30.8. The van der Waals surface area contributed by atoms with Gasteiger partial charge in [0.05, 0.1) is 22.3 Å². The molecule has 0 radical (unpaired) electrons. The lowest BCUT2D eigenvalue weighted by Gasteiger charge is -2.12. The number of nitrogens with zero attached hydrogens (tertiary/aromatic N) is 2. The van der Waals surface area contributed by atoms with Crippen LogP contribution in [0.5, 0.6) is 5.75 Å². The second kappa shape index (κ2) is 8.04. The standard InChI is InChI=1S/C19H18ClN3O3S/c1-11-4-6-14-16(8-11)27-19(21-14)22-18(25)13-9-12(20)5-7-15(13)26-17(24)10-23(2)3/h4-9H,10H2,1-3H3,(H,21,22,25). The van der Waals surface area contributed by atoms with Gasteiger partial charge in [-0.2, -0.15) is 0 Å². The average molecular weight is 404 g/mol. The van der Waals surface area contributed by atoms with Gasteiger partial charge >= 0.3 is 5.97 Å². The van der Waals surface area contributed by atoms with E-state index in [0.29, 0.717) is 10.2 Å². The summed E-state index contributed by atoms with van der Waals surface area (Å²) in [5.41, 5.74) is 2.10. The molecule has 6 nitrogen and oxygen atoms in total. The third-order valence-corrected chi connectivity index (χ3v) is 4.79. The predicted molar refractivity (Wildman–Crippen MR) is 108 cm³/mol. The van der Waals surface area contributed by atoms with E-state index in [4.69, 9.17) is 16.3 Å². The van der Waals surface area contributed by atoms with Crippen molar-refractivity contribution in [3.05, 3.63) is 52.5 Å². The monoisotopic (exact) mass is 403 g/mol. The predicted octanol–water partition coefficient (Wildman–Crippen LogP) is 3.98. The fraction of sp³-hybridized carbons (Fsp3) is 0.211. The van der Waals surface area contributed by atoms with E-state index < -0.39 is 11.9 Å². The number of thiazole rings is 1. The summed E-state index contributed by atoms with van der Waals surface area (Å²) >= 11 is 7.40. The van der Waals surface area contributed by atoms with Gasteiger partial charge in [-0.05, 0) is 56.9 Å². The molecule has 0 fully saturated rings. The highest BCUT2D eigenvalue weighted by atomic mass is 35.5. The number of anilines is 1. The summed E-state index contributed by atoms with van der Waals surface area (Å²) in [5.74, 6) is -0.756. The van der Waals surface area contributed by atoms with Crippen LogP contribution in [0.3, 0.4) is 0 Å². The lowest BCUT2D eigenvalue weighted by Crippen LogP contribution is -2.26. The number of amides is 1. The van der Waals surface area contributed by atoms with E-state index in [9.17, 15) is 9.59 Å². The molecule has 0 spiro atoms. The summed E-state index contributed by atoms with van der Waals surface area (Å²) in [6.07, 6.45) is 0. The molecule has 1 N–H and O–H groups in total. The van der Waals surface area contributed by atoms with Gasteiger partial charge in [-0.25, -0.2) is 4.98 Å². The molecule has 1 heterocycles. The van der Waals surface area contributed by atoms with E-state index in [1.165, 1.54) is 23.5 Å². The number of esters is 1. The number of aryl methyl sites for hydroxylation is 1. The fourth-order valence-electron chi connectivity index (χ4n) is 2.43. The molecule has 1 aromatic heterocycles. The number of nitrogens with one attached hydrogen (secondary N) is 1. The molecule has 27 heavy (non-hydrogen) atoms. The number of aromatic nitrogens is 1. The number of carbonyl (C=O) groups excluding carboxylic acids is 2. The first-order chi connectivity index (χ1) is 12.8. The molecule has 140 valence electrons. The third-order valence-electron chi connectivity index (χ3n) is 3.62. The summed E-state index contributed by atoms with van der Waals surface area (Å²) < 4.78 is 6.31. The van der Waals surface area contributed by atoms with Gasteiger partial charge in [-0.3, -0.25) is 19.8 Å². The van der Waals surface area contributed by atoms with Gasteiger partial charge < -0.3 is 4.74 Å². The molecule has 0 saturated carbocycles. The molecule has 8 heteroatoms. The second-order valence-electron chi connectivity index (χ2n) is 6.30. The van der Waals surface area contributed by atoms with Crippen molar-refractivity contribution in [3.8, 4) is 5.75 Å². The summed E-state index contributed by atoms with van der Waals surface area (Å²) in [6, 6.07) is 10.4. The van der Waals surface area contributed by atoms with E-state index in [0.717, 1.165) is 15.8 Å². The lowest BCUT2D eigenvalue weighted by atomic mass is 10.2. The van der Waals surface area contributed by atoms with Crippen LogP contribution in [0.4, 0.5) is 5.13 Å². The molecular formula is C19H18ClN3O3S. The maximum Gasteiger partial charge on any atom is 0.325 e. The molecule has 0 aliphatic heterocycles. The Labute approximate surface area is 165 Å². The highest BCUT2D eigenvalue weighted by Crippen LogP contribution is 2.29. The van der Waals surface area contributed by atoms with Crippen molar-refractivity contribution in [1.29, 1.82) is 0 Å². The molecule has 0 bridgehead atoms. The number of ether oxygens (including phenoxy) is 1. The van der Waals surface area contributed by atoms with Crippen LogP contribution in [0, 0.1) is 6.92 Å². The largest absolute Gasteiger partial charge is 0.425 e. The van der Waals surface area contributed by atoms with Crippen molar-refractivity contribution in [2.45, 2.75) is 6.92 Å². The van der Waals surface area contributed by atoms with Gasteiger partial charge in [-0.1, -0.05) is 29.0 Å². The van der Waals surface area contributed by atoms with Gasteiger partial charge in [0.25, 0.3) is 5.91 Å². The summed E-state index contributed by atoms with van der Waals surface area (Å²) in [5, 5.41) is 3.59. The first-order valence-corrected chi connectivity index (χ1v) is 9.35. The Morgan fingerprint density at radius 1 is 1.22 bits per heavy atom.